The summed E-state index contributed by atoms with van der Waals surface area (Å²) in [5.41, 5.74) is -0.634. The Morgan fingerprint density at radius 1 is 1.50 bits per heavy atom. The predicted molar refractivity (Wildman–Crippen MR) is 72.9 cm³/mol. The molecule has 6 heteroatoms. The smallest absolute Gasteiger partial charge is 0.408 e. The first-order chi connectivity index (χ1) is 8.26. The Kier molecular flexibility index (Phi) is 7.50. The summed E-state index contributed by atoms with van der Waals surface area (Å²) in [6.07, 6.45) is 1.40. The Morgan fingerprint density at radius 3 is 2.56 bits per heavy atom. The molecule has 0 fully saturated rings. The Morgan fingerprint density at radius 2 is 2.11 bits per heavy atom. The average Bonchev–Trinajstić information content (AvgIpc) is 2.19. The molecule has 2 N–H and O–H groups in total. The zero-order valence-corrected chi connectivity index (χ0v) is 11.9. The fourth-order valence-corrected chi connectivity index (χ4v) is 1.81. The molecule has 0 radical (unpaired) electrons. The van der Waals surface area contributed by atoms with Gasteiger partial charge in [-0.15, -0.1) is 6.58 Å². The van der Waals surface area contributed by atoms with Crippen molar-refractivity contribution >= 4 is 23.8 Å². The number of aliphatic carboxylic acids is 1. The predicted octanol–water partition coefficient (Wildman–Crippen LogP) is 2.27. The van der Waals surface area contributed by atoms with Crippen LogP contribution in [0.3, 0.4) is 0 Å². The van der Waals surface area contributed by atoms with Crippen LogP contribution in [0.2, 0.25) is 0 Å². The SMILES string of the molecule is C=CCSCCC(NC(=O)OC(C)(C)C)C(=O)O. The first-order valence-corrected chi connectivity index (χ1v) is 6.82. The number of hydrogen-bond donors (Lipinski definition) is 2. The monoisotopic (exact) mass is 275 g/mol. The second-order valence-corrected chi connectivity index (χ2v) is 5.84. The average molecular weight is 275 g/mol. The molecule has 0 rings (SSSR count). The third kappa shape index (κ3) is 8.92. The van der Waals surface area contributed by atoms with E-state index in [-0.39, 0.29) is 0 Å². The van der Waals surface area contributed by atoms with Crippen molar-refractivity contribution in [3.05, 3.63) is 12.7 Å². The number of ether oxygens (including phenoxy) is 1. The lowest BCUT2D eigenvalue weighted by molar-refractivity contribution is -0.139. The number of rotatable bonds is 7. The number of amides is 1. The Balaban J connectivity index is 4.15. The molecule has 0 aliphatic heterocycles. The molecule has 0 aliphatic rings. The minimum absolute atomic E-state index is 0.354. The highest BCUT2D eigenvalue weighted by Gasteiger charge is 2.23. The quantitative estimate of drug-likeness (QED) is 0.550. The molecule has 104 valence electrons. The summed E-state index contributed by atoms with van der Waals surface area (Å²) in [6, 6.07) is -0.919. The highest BCUT2D eigenvalue weighted by atomic mass is 32.2. The van der Waals surface area contributed by atoms with E-state index < -0.39 is 23.7 Å². The van der Waals surface area contributed by atoms with Gasteiger partial charge in [-0.3, -0.25) is 0 Å². The van der Waals surface area contributed by atoms with Crippen LogP contribution in [0.4, 0.5) is 4.79 Å². The molecule has 0 aromatic rings. The molecule has 1 amide bonds. The fourth-order valence-electron chi connectivity index (χ4n) is 1.08. The van der Waals surface area contributed by atoms with Gasteiger partial charge in [0.05, 0.1) is 0 Å². The van der Waals surface area contributed by atoms with Gasteiger partial charge in [-0.1, -0.05) is 6.08 Å². The van der Waals surface area contributed by atoms with Gasteiger partial charge >= 0.3 is 12.1 Å². The van der Waals surface area contributed by atoms with Crippen molar-refractivity contribution in [2.75, 3.05) is 11.5 Å². The molecular weight excluding hydrogens is 254 g/mol. The summed E-state index contributed by atoms with van der Waals surface area (Å²) in [5.74, 6) is 0.345. The lowest BCUT2D eigenvalue weighted by Crippen LogP contribution is -2.43. The summed E-state index contributed by atoms with van der Waals surface area (Å²) in [5, 5.41) is 11.3. The fraction of sp³-hybridized carbons (Fsp3) is 0.667. The molecule has 18 heavy (non-hydrogen) atoms. The van der Waals surface area contributed by atoms with Gasteiger partial charge in [0.25, 0.3) is 0 Å². The van der Waals surface area contributed by atoms with Crippen molar-refractivity contribution in [1.82, 2.24) is 5.32 Å². The lowest BCUT2D eigenvalue weighted by Gasteiger charge is -2.21. The first-order valence-electron chi connectivity index (χ1n) is 5.67. The summed E-state index contributed by atoms with van der Waals surface area (Å²) >= 11 is 1.57. The van der Waals surface area contributed by atoms with E-state index in [9.17, 15) is 9.59 Å². The maximum absolute atomic E-state index is 11.4. The zero-order chi connectivity index (χ0) is 14.2. The van der Waals surface area contributed by atoms with E-state index >= 15 is 0 Å². The van der Waals surface area contributed by atoms with E-state index in [2.05, 4.69) is 11.9 Å². The lowest BCUT2D eigenvalue weighted by atomic mass is 10.2. The van der Waals surface area contributed by atoms with E-state index in [1.54, 1.807) is 38.6 Å². The molecule has 0 heterocycles. The molecule has 0 bridgehead atoms. The molecule has 0 saturated carbocycles. The van der Waals surface area contributed by atoms with E-state index in [0.29, 0.717) is 12.2 Å². The van der Waals surface area contributed by atoms with Crippen molar-refractivity contribution in [3.8, 4) is 0 Å². The third-order valence-corrected chi connectivity index (χ3v) is 2.77. The molecule has 1 unspecified atom stereocenters. The van der Waals surface area contributed by atoms with Crippen molar-refractivity contribution in [3.63, 3.8) is 0 Å². The van der Waals surface area contributed by atoms with Gasteiger partial charge in [0.15, 0.2) is 0 Å². The van der Waals surface area contributed by atoms with Crippen LogP contribution in [0.1, 0.15) is 27.2 Å². The van der Waals surface area contributed by atoms with Crippen LogP contribution in [0.5, 0.6) is 0 Å². The van der Waals surface area contributed by atoms with Gasteiger partial charge in [-0.25, -0.2) is 9.59 Å². The molecule has 0 spiro atoms. The first kappa shape index (κ1) is 16.8. The van der Waals surface area contributed by atoms with Crippen LogP contribution in [-0.2, 0) is 9.53 Å². The Bertz CT molecular complexity index is 299. The molecule has 0 saturated heterocycles. The van der Waals surface area contributed by atoms with Crippen molar-refractivity contribution < 1.29 is 19.4 Å². The highest BCUT2D eigenvalue weighted by molar-refractivity contribution is 7.99. The highest BCUT2D eigenvalue weighted by Crippen LogP contribution is 2.09. The summed E-state index contributed by atoms with van der Waals surface area (Å²) in [4.78, 5) is 22.4. The van der Waals surface area contributed by atoms with Crippen molar-refractivity contribution in [1.29, 1.82) is 0 Å². The second kappa shape index (κ2) is 8.02. The molecule has 0 aromatic carbocycles. The van der Waals surface area contributed by atoms with Gasteiger partial charge in [0.1, 0.15) is 11.6 Å². The maximum atomic E-state index is 11.4. The number of nitrogens with one attached hydrogen (secondary N) is 1. The van der Waals surface area contributed by atoms with Crippen LogP contribution < -0.4 is 5.32 Å². The van der Waals surface area contributed by atoms with Crippen LogP contribution >= 0.6 is 11.8 Å². The van der Waals surface area contributed by atoms with Crippen molar-refractivity contribution in [2.24, 2.45) is 0 Å². The minimum atomic E-state index is -1.06. The summed E-state index contributed by atoms with van der Waals surface area (Å²) in [6.45, 7) is 8.75. The number of thioether (sulfide) groups is 1. The second-order valence-electron chi connectivity index (χ2n) is 4.69. The van der Waals surface area contributed by atoms with Gasteiger partial charge in [-0.2, -0.15) is 11.8 Å². The zero-order valence-electron chi connectivity index (χ0n) is 11.1. The van der Waals surface area contributed by atoms with Crippen molar-refractivity contribution in [2.45, 2.75) is 38.8 Å². The van der Waals surface area contributed by atoms with Gasteiger partial charge in [0, 0.05) is 5.75 Å². The number of hydrogen-bond acceptors (Lipinski definition) is 4. The number of carboxylic acid groups (broad SMARTS) is 1. The summed E-state index contributed by atoms with van der Waals surface area (Å²) in [7, 11) is 0. The van der Waals surface area contributed by atoms with Gasteiger partial charge < -0.3 is 15.2 Å². The van der Waals surface area contributed by atoms with Crippen LogP contribution in [0, 0.1) is 0 Å². The molecular formula is C12H21NO4S. The van der Waals surface area contributed by atoms with Gasteiger partial charge in [0.2, 0.25) is 0 Å². The van der Waals surface area contributed by atoms with E-state index in [0.717, 1.165) is 5.75 Å². The van der Waals surface area contributed by atoms with E-state index in [1.807, 2.05) is 0 Å². The Labute approximate surface area is 112 Å². The number of carbonyl (C=O) groups is 2. The molecule has 5 nitrogen and oxygen atoms in total. The normalized spacial score (nSPS) is 12.6. The standard InChI is InChI=1S/C12H21NO4S/c1-5-7-18-8-6-9(10(14)15)13-11(16)17-12(2,3)4/h5,9H,1,6-8H2,2-4H3,(H,13,16)(H,14,15). The summed E-state index contributed by atoms with van der Waals surface area (Å²) < 4.78 is 5.01. The van der Waals surface area contributed by atoms with E-state index in [4.69, 9.17) is 9.84 Å². The molecule has 0 aromatic heterocycles. The molecule has 1 atom stereocenters. The largest absolute Gasteiger partial charge is 0.480 e. The van der Waals surface area contributed by atoms with Crippen LogP contribution in [-0.4, -0.2) is 40.3 Å². The number of alkyl carbamates (subject to hydrolysis) is 1. The molecule has 0 aliphatic carbocycles. The van der Waals surface area contributed by atoms with Crippen LogP contribution in [0.15, 0.2) is 12.7 Å². The van der Waals surface area contributed by atoms with Crippen LogP contribution in [0.25, 0.3) is 0 Å². The Hall–Kier alpha value is -1.17. The third-order valence-electron chi connectivity index (χ3n) is 1.78. The van der Waals surface area contributed by atoms with Gasteiger partial charge in [-0.05, 0) is 32.9 Å². The topological polar surface area (TPSA) is 75.6 Å². The maximum Gasteiger partial charge on any atom is 0.408 e. The number of carboxylic acids is 1. The number of carbonyl (C=O) groups excluding carboxylic acids is 1. The minimum Gasteiger partial charge on any atom is -0.480 e. The van der Waals surface area contributed by atoms with E-state index in [1.165, 1.54) is 0 Å².